The fourth-order valence-electron chi connectivity index (χ4n) is 1.95. The first-order valence-electron chi connectivity index (χ1n) is 7.99. The lowest BCUT2D eigenvalue weighted by atomic mass is 9.99. The highest BCUT2D eigenvalue weighted by atomic mass is 16.5. The second-order valence-electron chi connectivity index (χ2n) is 6.52. The normalized spacial score (nSPS) is 14.3. The van der Waals surface area contributed by atoms with Crippen molar-refractivity contribution < 1.29 is 4.74 Å². The molecule has 0 aromatic heterocycles. The molecule has 0 radical (unpaired) electrons. The maximum atomic E-state index is 6.02. The van der Waals surface area contributed by atoms with Crippen LogP contribution in [0.2, 0.25) is 0 Å². The van der Waals surface area contributed by atoms with Gasteiger partial charge in [-0.2, -0.15) is 0 Å². The van der Waals surface area contributed by atoms with E-state index in [9.17, 15) is 0 Å². The van der Waals surface area contributed by atoms with Crippen molar-refractivity contribution in [3.8, 4) is 0 Å². The molecular weight excluding hydrogens is 256 g/mol. The Morgan fingerprint density at radius 1 is 0.952 bits per heavy atom. The van der Waals surface area contributed by atoms with Crippen molar-refractivity contribution in [2.45, 2.75) is 72.8 Å². The fourth-order valence-corrected chi connectivity index (χ4v) is 1.95. The average molecular weight is 290 g/mol. The Morgan fingerprint density at radius 3 is 2.05 bits per heavy atom. The Balaban J connectivity index is 4.22. The molecule has 0 aromatic rings. The van der Waals surface area contributed by atoms with E-state index in [4.69, 9.17) is 4.74 Å². The molecule has 120 valence electrons. The SMILES string of the molecule is C=C[C@](C)(CCC=C(C)C)OC/C=C(\C)CCC=C(C)C. The molecular formula is C20H34O. The van der Waals surface area contributed by atoms with Gasteiger partial charge in [-0.3, -0.25) is 0 Å². The van der Waals surface area contributed by atoms with E-state index >= 15 is 0 Å². The molecule has 21 heavy (non-hydrogen) atoms. The summed E-state index contributed by atoms with van der Waals surface area (Å²) in [6.45, 7) is 17.4. The highest BCUT2D eigenvalue weighted by Gasteiger charge is 2.19. The molecule has 1 heteroatoms. The lowest BCUT2D eigenvalue weighted by Crippen LogP contribution is -2.25. The molecule has 0 N–H and O–H groups in total. The molecule has 0 aromatic carbocycles. The van der Waals surface area contributed by atoms with Crippen LogP contribution in [0.4, 0.5) is 0 Å². The Labute approximate surface area is 132 Å². The molecule has 0 spiro atoms. The van der Waals surface area contributed by atoms with Gasteiger partial charge in [0.25, 0.3) is 0 Å². The maximum absolute atomic E-state index is 6.02. The van der Waals surface area contributed by atoms with Crippen molar-refractivity contribution in [2.24, 2.45) is 0 Å². The predicted molar refractivity (Wildman–Crippen MR) is 95.6 cm³/mol. The van der Waals surface area contributed by atoms with Gasteiger partial charge in [0.05, 0.1) is 12.2 Å². The molecule has 1 nitrogen and oxygen atoms in total. The lowest BCUT2D eigenvalue weighted by molar-refractivity contribution is 0.0177. The molecule has 0 aliphatic heterocycles. The molecule has 0 rings (SSSR count). The van der Waals surface area contributed by atoms with E-state index < -0.39 is 0 Å². The Morgan fingerprint density at radius 2 is 1.52 bits per heavy atom. The molecule has 0 fully saturated rings. The summed E-state index contributed by atoms with van der Waals surface area (Å²) in [6.07, 6.45) is 12.9. The number of hydrogen-bond donors (Lipinski definition) is 0. The number of ether oxygens (including phenoxy) is 1. The first-order chi connectivity index (χ1) is 9.79. The quantitative estimate of drug-likeness (QED) is 0.424. The van der Waals surface area contributed by atoms with E-state index in [0.717, 1.165) is 25.7 Å². The van der Waals surface area contributed by atoms with E-state index in [1.165, 1.54) is 16.7 Å². The number of hydrogen-bond acceptors (Lipinski definition) is 1. The topological polar surface area (TPSA) is 9.23 Å². The van der Waals surface area contributed by atoms with Crippen LogP contribution in [0.25, 0.3) is 0 Å². The zero-order valence-corrected chi connectivity index (χ0v) is 15.0. The van der Waals surface area contributed by atoms with Gasteiger partial charge in [0.1, 0.15) is 0 Å². The standard InChI is InChI=1S/C20H34O/c1-8-20(7,15-10-12-18(4)5)21-16-14-19(6)13-9-11-17(2)3/h8,11-12,14H,1,9-10,13,15-16H2,2-7H3/b19-14+/t20-/m1/s1. The molecule has 1 atom stereocenters. The van der Waals surface area contributed by atoms with Crippen molar-refractivity contribution >= 4 is 0 Å². The van der Waals surface area contributed by atoms with Crippen LogP contribution in [-0.2, 0) is 4.74 Å². The van der Waals surface area contributed by atoms with E-state index in [1.54, 1.807) is 0 Å². The highest BCUT2D eigenvalue weighted by molar-refractivity contribution is 5.04. The second kappa shape index (κ2) is 10.6. The van der Waals surface area contributed by atoms with Gasteiger partial charge in [-0.05, 0) is 67.2 Å². The zero-order chi connectivity index (χ0) is 16.3. The van der Waals surface area contributed by atoms with Crippen LogP contribution in [-0.4, -0.2) is 12.2 Å². The smallest absolute Gasteiger partial charge is 0.0839 e. The largest absolute Gasteiger partial charge is 0.367 e. The fraction of sp³-hybridized carbons (Fsp3) is 0.600. The Bertz CT molecular complexity index is 390. The first kappa shape index (κ1) is 19.9. The van der Waals surface area contributed by atoms with E-state index in [2.05, 4.69) is 66.3 Å². The summed E-state index contributed by atoms with van der Waals surface area (Å²) >= 11 is 0. The van der Waals surface area contributed by atoms with Gasteiger partial charge in [-0.15, -0.1) is 6.58 Å². The van der Waals surface area contributed by atoms with Gasteiger partial charge < -0.3 is 4.74 Å². The number of rotatable bonds is 10. The van der Waals surface area contributed by atoms with E-state index in [1.807, 2.05) is 6.08 Å². The van der Waals surface area contributed by atoms with Crippen molar-refractivity contribution in [1.29, 1.82) is 0 Å². The van der Waals surface area contributed by atoms with Crippen LogP contribution in [0.5, 0.6) is 0 Å². The second-order valence-corrected chi connectivity index (χ2v) is 6.52. The third kappa shape index (κ3) is 11.3. The molecule has 0 aliphatic carbocycles. The van der Waals surface area contributed by atoms with Gasteiger partial charge >= 0.3 is 0 Å². The zero-order valence-electron chi connectivity index (χ0n) is 15.0. The molecule has 0 saturated heterocycles. The minimum atomic E-state index is -0.233. The summed E-state index contributed by atoms with van der Waals surface area (Å²) < 4.78 is 6.02. The van der Waals surface area contributed by atoms with Crippen LogP contribution >= 0.6 is 0 Å². The van der Waals surface area contributed by atoms with Crippen LogP contribution in [0.3, 0.4) is 0 Å². The molecule has 0 saturated carbocycles. The first-order valence-corrected chi connectivity index (χ1v) is 7.99. The summed E-state index contributed by atoms with van der Waals surface area (Å²) in [5.74, 6) is 0. The predicted octanol–water partition coefficient (Wildman–Crippen LogP) is 6.39. The van der Waals surface area contributed by atoms with Crippen LogP contribution in [0.15, 0.2) is 47.6 Å². The van der Waals surface area contributed by atoms with Crippen LogP contribution in [0.1, 0.15) is 67.2 Å². The van der Waals surface area contributed by atoms with Crippen molar-refractivity contribution in [3.05, 3.63) is 47.6 Å². The average Bonchev–Trinajstić information content (AvgIpc) is 2.37. The third-order valence-electron chi connectivity index (χ3n) is 3.56. The molecule has 0 heterocycles. The van der Waals surface area contributed by atoms with Crippen molar-refractivity contribution in [3.63, 3.8) is 0 Å². The summed E-state index contributed by atoms with van der Waals surface area (Å²) in [5.41, 5.74) is 3.90. The Hall–Kier alpha value is -1.08. The minimum Gasteiger partial charge on any atom is -0.367 e. The minimum absolute atomic E-state index is 0.233. The molecule has 0 bridgehead atoms. The van der Waals surface area contributed by atoms with Gasteiger partial charge in [-0.1, -0.05) is 41.0 Å². The Kier molecular flexibility index (Phi) is 10.1. The van der Waals surface area contributed by atoms with Crippen LogP contribution < -0.4 is 0 Å². The van der Waals surface area contributed by atoms with Crippen LogP contribution in [0, 0.1) is 0 Å². The molecule has 0 aliphatic rings. The van der Waals surface area contributed by atoms with Gasteiger partial charge in [-0.25, -0.2) is 0 Å². The summed E-state index contributed by atoms with van der Waals surface area (Å²) in [5, 5.41) is 0. The number of allylic oxidation sites excluding steroid dienone is 5. The molecule has 0 unspecified atom stereocenters. The monoisotopic (exact) mass is 290 g/mol. The van der Waals surface area contributed by atoms with Crippen molar-refractivity contribution in [1.82, 2.24) is 0 Å². The van der Waals surface area contributed by atoms with E-state index in [-0.39, 0.29) is 5.60 Å². The molecule has 0 amide bonds. The summed E-state index contributed by atoms with van der Waals surface area (Å²) in [4.78, 5) is 0. The van der Waals surface area contributed by atoms with Gasteiger partial charge in [0.2, 0.25) is 0 Å². The maximum Gasteiger partial charge on any atom is 0.0839 e. The van der Waals surface area contributed by atoms with Crippen molar-refractivity contribution in [2.75, 3.05) is 6.61 Å². The summed E-state index contributed by atoms with van der Waals surface area (Å²) in [7, 11) is 0. The van der Waals surface area contributed by atoms with Gasteiger partial charge in [0, 0.05) is 0 Å². The third-order valence-corrected chi connectivity index (χ3v) is 3.56. The lowest BCUT2D eigenvalue weighted by Gasteiger charge is -2.25. The summed E-state index contributed by atoms with van der Waals surface area (Å²) in [6, 6.07) is 0. The highest BCUT2D eigenvalue weighted by Crippen LogP contribution is 2.20. The van der Waals surface area contributed by atoms with E-state index in [0.29, 0.717) is 6.61 Å². The van der Waals surface area contributed by atoms with Gasteiger partial charge in [0.15, 0.2) is 0 Å².